The molecule has 3 atom stereocenters. The SMILES string of the molecule is CCCCCC/C=C\CCCCCCCCCC(=O)NC(CO)C(O)C(O)CCC/C=C/CC/C=C/CCCCCCCC. The van der Waals surface area contributed by atoms with Crippen LogP contribution < -0.4 is 5.32 Å². The summed E-state index contributed by atoms with van der Waals surface area (Å²) in [7, 11) is 0. The maximum absolute atomic E-state index is 12.3. The predicted molar refractivity (Wildman–Crippen MR) is 190 cm³/mol. The van der Waals surface area contributed by atoms with Crippen molar-refractivity contribution in [3.8, 4) is 0 Å². The summed E-state index contributed by atoms with van der Waals surface area (Å²) in [5, 5.41) is 33.3. The molecule has 0 spiro atoms. The van der Waals surface area contributed by atoms with Crippen molar-refractivity contribution in [2.75, 3.05) is 6.61 Å². The van der Waals surface area contributed by atoms with Crippen molar-refractivity contribution < 1.29 is 20.1 Å². The molecule has 3 unspecified atom stereocenters. The third kappa shape index (κ3) is 29.3. The fourth-order valence-corrected chi connectivity index (χ4v) is 5.46. The lowest BCUT2D eigenvalue weighted by Gasteiger charge is -2.26. The zero-order valence-corrected chi connectivity index (χ0v) is 29.0. The van der Waals surface area contributed by atoms with Crippen LogP contribution in [-0.4, -0.2) is 46.1 Å². The van der Waals surface area contributed by atoms with Gasteiger partial charge in [-0.1, -0.05) is 134 Å². The van der Waals surface area contributed by atoms with Gasteiger partial charge in [-0.25, -0.2) is 0 Å². The minimum absolute atomic E-state index is 0.166. The summed E-state index contributed by atoms with van der Waals surface area (Å²) < 4.78 is 0. The summed E-state index contributed by atoms with van der Waals surface area (Å²) >= 11 is 0. The Hall–Kier alpha value is -1.43. The molecule has 0 bridgehead atoms. The van der Waals surface area contributed by atoms with E-state index < -0.39 is 18.2 Å². The number of hydrogen-bond acceptors (Lipinski definition) is 4. The average Bonchev–Trinajstić information content (AvgIpc) is 3.03. The molecule has 0 fully saturated rings. The van der Waals surface area contributed by atoms with Crippen LogP contribution in [0.15, 0.2) is 36.5 Å². The Balaban J connectivity index is 3.78. The highest BCUT2D eigenvalue weighted by Crippen LogP contribution is 2.13. The highest BCUT2D eigenvalue weighted by atomic mass is 16.3. The number of aliphatic hydroxyl groups is 3. The van der Waals surface area contributed by atoms with Crippen molar-refractivity contribution in [3.63, 3.8) is 0 Å². The van der Waals surface area contributed by atoms with Gasteiger partial charge in [-0.3, -0.25) is 4.79 Å². The summed E-state index contributed by atoms with van der Waals surface area (Å²) in [6.45, 7) is 4.12. The second-order valence-corrected chi connectivity index (χ2v) is 12.8. The van der Waals surface area contributed by atoms with Crippen molar-refractivity contribution in [2.24, 2.45) is 0 Å². The lowest BCUT2D eigenvalue weighted by Crippen LogP contribution is -2.50. The van der Waals surface area contributed by atoms with E-state index in [-0.39, 0.29) is 12.5 Å². The van der Waals surface area contributed by atoms with Crippen molar-refractivity contribution in [2.45, 2.75) is 199 Å². The highest BCUT2D eigenvalue weighted by Gasteiger charge is 2.26. The number of carbonyl (C=O) groups is 1. The van der Waals surface area contributed by atoms with Crippen molar-refractivity contribution in [1.29, 1.82) is 0 Å². The quantitative estimate of drug-likeness (QED) is 0.0435. The van der Waals surface area contributed by atoms with Gasteiger partial charge in [-0.2, -0.15) is 0 Å². The van der Waals surface area contributed by atoms with Gasteiger partial charge >= 0.3 is 0 Å². The van der Waals surface area contributed by atoms with E-state index in [1.807, 2.05) is 0 Å². The standard InChI is InChI=1S/C39H73NO4/c1-3-5-7-9-11-13-15-17-19-21-23-25-27-29-31-33-37(42)39(44)36(35-41)40-38(43)34-32-30-28-26-24-22-20-18-16-14-12-10-8-6-4-2/h14,16-17,19,25,27,36-37,39,41-42,44H,3-13,15,18,20-24,26,28-35H2,1-2H3,(H,40,43)/b16-14-,19-17+,27-25+. The fourth-order valence-electron chi connectivity index (χ4n) is 5.46. The topological polar surface area (TPSA) is 89.8 Å². The van der Waals surface area contributed by atoms with Gasteiger partial charge in [0.25, 0.3) is 0 Å². The first kappa shape index (κ1) is 42.6. The minimum atomic E-state index is -1.17. The van der Waals surface area contributed by atoms with E-state index >= 15 is 0 Å². The van der Waals surface area contributed by atoms with E-state index in [0.29, 0.717) is 12.8 Å². The zero-order valence-electron chi connectivity index (χ0n) is 29.0. The van der Waals surface area contributed by atoms with Gasteiger partial charge in [-0.05, 0) is 77.0 Å². The molecule has 0 aromatic carbocycles. The Morgan fingerprint density at radius 3 is 1.41 bits per heavy atom. The lowest BCUT2D eigenvalue weighted by molar-refractivity contribution is -0.124. The molecule has 0 aliphatic rings. The monoisotopic (exact) mass is 620 g/mol. The number of allylic oxidation sites excluding steroid dienone is 6. The maximum Gasteiger partial charge on any atom is 0.220 e. The average molecular weight is 620 g/mol. The van der Waals surface area contributed by atoms with E-state index in [9.17, 15) is 20.1 Å². The number of nitrogens with one attached hydrogen (secondary N) is 1. The first-order valence-corrected chi connectivity index (χ1v) is 18.8. The van der Waals surface area contributed by atoms with E-state index in [2.05, 4.69) is 55.6 Å². The van der Waals surface area contributed by atoms with Crippen LogP contribution in [0.1, 0.15) is 181 Å². The molecule has 5 heteroatoms. The third-order valence-corrected chi connectivity index (χ3v) is 8.44. The summed E-state index contributed by atoms with van der Waals surface area (Å²) in [5.74, 6) is -0.166. The number of hydrogen-bond donors (Lipinski definition) is 4. The number of unbranched alkanes of at least 4 members (excludes halogenated alkanes) is 19. The molecule has 0 saturated carbocycles. The Morgan fingerprint density at radius 2 is 0.932 bits per heavy atom. The molecule has 0 heterocycles. The molecule has 0 radical (unpaired) electrons. The summed E-state index contributed by atoms with van der Waals surface area (Å²) in [5.41, 5.74) is 0. The Labute approximate surface area is 273 Å². The van der Waals surface area contributed by atoms with Gasteiger partial charge < -0.3 is 20.6 Å². The van der Waals surface area contributed by atoms with Crippen molar-refractivity contribution in [1.82, 2.24) is 5.32 Å². The molecule has 0 saturated heterocycles. The van der Waals surface area contributed by atoms with Crippen LogP contribution in [0.3, 0.4) is 0 Å². The highest BCUT2D eigenvalue weighted by molar-refractivity contribution is 5.76. The smallest absolute Gasteiger partial charge is 0.220 e. The zero-order chi connectivity index (χ0) is 32.4. The van der Waals surface area contributed by atoms with Gasteiger partial charge in [0.2, 0.25) is 5.91 Å². The molecule has 44 heavy (non-hydrogen) atoms. The Kier molecular flexibility index (Phi) is 33.3. The largest absolute Gasteiger partial charge is 0.394 e. The van der Waals surface area contributed by atoms with Crippen LogP contribution in [0.25, 0.3) is 0 Å². The normalized spacial score (nSPS) is 14.2. The predicted octanol–water partition coefficient (Wildman–Crippen LogP) is 10.0. The molecule has 0 aromatic rings. The van der Waals surface area contributed by atoms with Crippen LogP contribution in [-0.2, 0) is 4.79 Å². The van der Waals surface area contributed by atoms with E-state index in [0.717, 1.165) is 44.9 Å². The Bertz CT molecular complexity index is 690. The summed E-state index contributed by atoms with van der Waals surface area (Å²) in [4.78, 5) is 12.3. The fraction of sp³-hybridized carbons (Fsp3) is 0.821. The van der Waals surface area contributed by atoms with Gasteiger partial charge in [0.05, 0.1) is 18.8 Å². The minimum Gasteiger partial charge on any atom is -0.394 e. The summed E-state index contributed by atoms with van der Waals surface area (Å²) in [6.07, 6.45) is 40.9. The van der Waals surface area contributed by atoms with Gasteiger partial charge in [0, 0.05) is 6.42 Å². The van der Waals surface area contributed by atoms with Crippen molar-refractivity contribution >= 4 is 5.91 Å². The van der Waals surface area contributed by atoms with Crippen LogP contribution >= 0.6 is 0 Å². The maximum atomic E-state index is 12.3. The van der Waals surface area contributed by atoms with Gasteiger partial charge in [0.15, 0.2) is 0 Å². The second kappa shape index (κ2) is 34.4. The first-order chi connectivity index (χ1) is 21.6. The van der Waals surface area contributed by atoms with Crippen LogP contribution in [0.4, 0.5) is 0 Å². The molecule has 1 amide bonds. The Morgan fingerprint density at radius 1 is 0.545 bits per heavy atom. The number of amides is 1. The van der Waals surface area contributed by atoms with Crippen LogP contribution in [0.2, 0.25) is 0 Å². The number of carbonyl (C=O) groups excluding carboxylic acids is 1. The van der Waals surface area contributed by atoms with Gasteiger partial charge in [0.1, 0.15) is 6.10 Å². The molecule has 258 valence electrons. The molecular weight excluding hydrogens is 546 g/mol. The molecule has 0 aliphatic carbocycles. The van der Waals surface area contributed by atoms with E-state index in [1.165, 1.54) is 109 Å². The number of rotatable bonds is 33. The second-order valence-electron chi connectivity index (χ2n) is 12.8. The molecule has 0 rings (SSSR count). The molecule has 4 N–H and O–H groups in total. The first-order valence-electron chi connectivity index (χ1n) is 18.8. The van der Waals surface area contributed by atoms with E-state index in [4.69, 9.17) is 0 Å². The number of aliphatic hydroxyl groups excluding tert-OH is 3. The third-order valence-electron chi connectivity index (χ3n) is 8.44. The van der Waals surface area contributed by atoms with E-state index in [1.54, 1.807) is 0 Å². The molecule has 0 aliphatic heterocycles. The molecular formula is C39H73NO4. The van der Waals surface area contributed by atoms with Crippen LogP contribution in [0, 0.1) is 0 Å². The van der Waals surface area contributed by atoms with Crippen LogP contribution in [0.5, 0.6) is 0 Å². The van der Waals surface area contributed by atoms with Gasteiger partial charge in [-0.15, -0.1) is 0 Å². The van der Waals surface area contributed by atoms with Crippen molar-refractivity contribution in [3.05, 3.63) is 36.5 Å². The lowest BCUT2D eigenvalue weighted by atomic mass is 10.0. The molecule has 0 aromatic heterocycles. The summed E-state index contributed by atoms with van der Waals surface area (Å²) in [6, 6.07) is -0.832. The molecule has 5 nitrogen and oxygen atoms in total.